The Labute approximate surface area is 132 Å². The van der Waals surface area contributed by atoms with Crippen LogP contribution in [0, 0.1) is 5.41 Å². The molecule has 2 nitrogen and oxygen atoms in total. The monoisotopic (exact) mass is 338 g/mol. The van der Waals surface area contributed by atoms with Crippen molar-refractivity contribution in [2.75, 3.05) is 24.5 Å². The molecule has 0 aromatic heterocycles. The number of anilines is 1. The van der Waals surface area contributed by atoms with Gasteiger partial charge in [-0.3, -0.25) is 0 Å². The Morgan fingerprint density at radius 3 is 2.60 bits per heavy atom. The average Bonchev–Trinajstić information content (AvgIpc) is 2.40. The van der Waals surface area contributed by atoms with Crippen LogP contribution in [0.2, 0.25) is 0 Å². The van der Waals surface area contributed by atoms with Gasteiger partial charge in [-0.1, -0.05) is 36.7 Å². The SMILES string of the molecule is CCCNCc1cc(Br)ccc1N1CCC(C)(C)CC1. The Kier molecular flexibility index (Phi) is 5.50. The minimum Gasteiger partial charge on any atom is -0.371 e. The number of halogens is 1. The van der Waals surface area contributed by atoms with Crippen molar-refractivity contribution in [3.8, 4) is 0 Å². The van der Waals surface area contributed by atoms with Gasteiger partial charge in [-0.15, -0.1) is 0 Å². The molecule has 1 aliphatic rings. The minimum absolute atomic E-state index is 0.506. The molecular formula is C17H27BrN2. The van der Waals surface area contributed by atoms with Crippen LogP contribution in [0.1, 0.15) is 45.6 Å². The van der Waals surface area contributed by atoms with Crippen LogP contribution in [0.25, 0.3) is 0 Å². The zero-order valence-electron chi connectivity index (χ0n) is 13.0. The number of nitrogens with one attached hydrogen (secondary N) is 1. The Morgan fingerprint density at radius 1 is 1.25 bits per heavy atom. The van der Waals surface area contributed by atoms with Gasteiger partial charge in [0.15, 0.2) is 0 Å². The molecule has 0 unspecified atom stereocenters. The van der Waals surface area contributed by atoms with Crippen LogP contribution >= 0.6 is 15.9 Å². The van der Waals surface area contributed by atoms with E-state index < -0.39 is 0 Å². The quantitative estimate of drug-likeness (QED) is 0.790. The fraction of sp³-hybridized carbons (Fsp3) is 0.647. The van der Waals surface area contributed by atoms with Gasteiger partial charge < -0.3 is 10.2 Å². The highest BCUT2D eigenvalue weighted by atomic mass is 79.9. The number of hydrogen-bond acceptors (Lipinski definition) is 2. The van der Waals surface area contributed by atoms with Crippen molar-refractivity contribution in [3.05, 3.63) is 28.2 Å². The topological polar surface area (TPSA) is 15.3 Å². The van der Waals surface area contributed by atoms with Gasteiger partial charge in [0, 0.05) is 29.8 Å². The van der Waals surface area contributed by atoms with Gasteiger partial charge in [-0.2, -0.15) is 0 Å². The van der Waals surface area contributed by atoms with Crippen LogP contribution < -0.4 is 10.2 Å². The van der Waals surface area contributed by atoms with Crippen molar-refractivity contribution in [1.82, 2.24) is 5.32 Å². The summed E-state index contributed by atoms with van der Waals surface area (Å²) in [5, 5.41) is 3.53. The number of rotatable bonds is 5. The van der Waals surface area contributed by atoms with Crippen molar-refractivity contribution in [1.29, 1.82) is 0 Å². The lowest BCUT2D eigenvalue weighted by Gasteiger charge is -2.39. The molecule has 20 heavy (non-hydrogen) atoms. The van der Waals surface area contributed by atoms with Crippen LogP contribution in [0.5, 0.6) is 0 Å². The number of hydrogen-bond donors (Lipinski definition) is 1. The molecule has 2 rings (SSSR count). The predicted molar refractivity (Wildman–Crippen MR) is 91.4 cm³/mol. The molecule has 1 aromatic rings. The summed E-state index contributed by atoms with van der Waals surface area (Å²) in [6.45, 7) is 11.4. The molecule has 0 amide bonds. The molecule has 0 spiro atoms. The first-order valence-electron chi connectivity index (χ1n) is 7.76. The van der Waals surface area contributed by atoms with Crippen molar-refractivity contribution >= 4 is 21.6 Å². The standard InChI is InChI=1S/C17H27BrN2/c1-4-9-19-13-14-12-15(18)5-6-16(14)20-10-7-17(2,3)8-11-20/h5-6,12,19H,4,7-11,13H2,1-3H3. The molecule has 0 radical (unpaired) electrons. The first-order chi connectivity index (χ1) is 9.52. The zero-order valence-corrected chi connectivity index (χ0v) is 14.6. The van der Waals surface area contributed by atoms with Crippen LogP contribution in [0.15, 0.2) is 22.7 Å². The third-order valence-electron chi connectivity index (χ3n) is 4.24. The van der Waals surface area contributed by atoms with Crippen LogP contribution in [0.4, 0.5) is 5.69 Å². The molecule has 1 fully saturated rings. The van der Waals surface area contributed by atoms with Gasteiger partial charge >= 0.3 is 0 Å². The van der Waals surface area contributed by atoms with Crippen LogP contribution in [-0.4, -0.2) is 19.6 Å². The molecular weight excluding hydrogens is 312 g/mol. The van der Waals surface area contributed by atoms with E-state index in [-0.39, 0.29) is 0 Å². The molecule has 1 N–H and O–H groups in total. The molecule has 0 bridgehead atoms. The first kappa shape index (κ1) is 15.8. The van der Waals surface area contributed by atoms with E-state index in [1.54, 1.807) is 0 Å². The second-order valence-electron chi connectivity index (χ2n) is 6.60. The summed E-state index contributed by atoms with van der Waals surface area (Å²) in [4.78, 5) is 2.56. The molecule has 112 valence electrons. The lowest BCUT2D eigenvalue weighted by Crippen LogP contribution is -2.38. The third-order valence-corrected chi connectivity index (χ3v) is 4.73. The Balaban J connectivity index is 2.10. The van der Waals surface area contributed by atoms with Crippen LogP contribution in [-0.2, 0) is 6.54 Å². The molecule has 1 aromatic carbocycles. The van der Waals surface area contributed by atoms with Crippen molar-refractivity contribution < 1.29 is 0 Å². The van der Waals surface area contributed by atoms with Crippen LogP contribution in [0.3, 0.4) is 0 Å². The van der Waals surface area contributed by atoms with E-state index in [9.17, 15) is 0 Å². The Hall–Kier alpha value is -0.540. The van der Waals surface area contributed by atoms with E-state index in [1.165, 1.54) is 48.1 Å². The van der Waals surface area contributed by atoms with Crippen molar-refractivity contribution in [2.45, 2.75) is 46.6 Å². The van der Waals surface area contributed by atoms with E-state index in [0.29, 0.717) is 5.41 Å². The smallest absolute Gasteiger partial charge is 0.0412 e. The van der Waals surface area contributed by atoms with Gasteiger partial charge in [-0.05, 0) is 55.0 Å². The molecule has 0 saturated carbocycles. The third kappa shape index (κ3) is 4.23. The van der Waals surface area contributed by atoms with Gasteiger partial charge in [-0.25, -0.2) is 0 Å². The van der Waals surface area contributed by atoms with E-state index in [4.69, 9.17) is 0 Å². The summed E-state index contributed by atoms with van der Waals surface area (Å²) in [5.74, 6) is 0. The zero-order chi connectivity index (χ0) is 14.6. The Morgan fingerprint density at radius 2 is 1.95 bits per heavy atom. The average molecular weight is 339 g/mol. The minimum atomic E-state index is 0.506. The molecule has 3 heteroatoms. The van der Waals surface area contributed by atoms with Gasteiger partial charge in [0.05, 0.1) is 0 Å². The van der Waals surface area contributed by atoms with Gasteiger partial charge in [0.2, 0.25) is 0 Å². The van der Waals surface area contributed by atoms with Gasteiger partial charge in [0.25, 0.3) is 0 Å². The van der Waals surface area contributed by atoms with Gasteiger partial charge in [0.1, 0.15) is 0 Å². The maximum atomic E-state index is 3.60. The lowest BCUT2D eigenvalue weighted by molar-refractivity contribution is 0.279. The summed E-state index contributed by atoms with van der Waals surface area (Å²) in [5.41, 5.74) is 3.33. The predicted octanol–water partition coefficient (Wildman–Crippen LogP) is 4.58. The second kappa shape index (κ2) is 6.95. The molecule has 0 atom stereocenters. The number of benzene rings is 1. The van der Waals surface area contributed by atoms with Crippen molar-refractivity contribution in [3.63, 3.8) is 0 Å². The molecule has 1 saturated heterocycles. The normalized spacial score (nSPS) is 18.3. The molecule has 1 heterocycles. The van der Waals surface area contributed by atoms with E-state index in [2.05, 4.69) is 65.1 Å². The highest BCUT2D eigenvalue weighted by Crippen LogP contribution is 2.34. The second-order valence-corrected chi connectivity index (χ2v) is 7.52. The summed E-state index contributed by atoms with van der Waals surface area (Å²) >= 11 is 3.60. The largest absolute Gasteiger partial charge is 0.371 e. The van der Waals surface area contributed by atoms with E-state index in [0.717, 1.165) is 13.1 Å². The van der Waals surface area contributed by atoms with Crippen molar-refractivity contribution in [2.24, 2.45) is 5.41 Å². The molecule has 0 aliphatic carbocycles. The molecule has 1 aliphatic heterocycles. The summed E-state index contributed by atoms with van der Waals surface area (Å²) in [6, 6.07) is 6.70. The summed E-state index contributed by atoms with van der Waals surface area (Å²) in [6.07, 6.45) is 3.75. The fourth-order valence-corrected chi connectivity index (χ4v) is 3.17. The Bertz CT molecular complexity index is 433. The van der Waals surface area contributed by atoms with E-state index >= 15 is 0 Å². The number of piperidine rings is 1. The lowest BCUT2D eigenvalue weighted by atomic mass is 9.82. The maximum Gasteiger partial charge on any atom is 0.0412 e. The number of nitrogens with zero attached hydrogens (tertiary/aromatic N) is 1. The fourth-order valence-electron chi connectivity index (χ4n) is 2.76. The summed E-state index contributed by atoms with van der Waals surface area (Å²) in [7, 11) is 0. The highest BCUT2D eigenvalue weighted by molar-refractivity contribution is 9.10. The maximum absolute atomic E-state index is 3.60. The summed E-state index contributed by atoms with van der Waals surface area (Å²) < 4.78 is 1.17. The first-order valence-corrected chi connectivity index (χ1v) is 8.55. The van der Waals surface area contributed by atoms with E-state index in [1.807, 2.05) is 0 Å². The highest BCUT2D eigenvalue weighted by Gasteiger charge is 2.26.